The van der Waals surface area contributed by atoms with Crippen molar-refractivity contribution >= 4 is 27.7 Å². The summed E-state index contributed by atoms with van der Waals surface area (Å²) >= 11 is 1.62. The fourth-order valence-electron chi connectivity index (χ4n) is 3.07. The molecule has 3 rings (SSSR count). The normalized spacial score (nSPS) is 18.5. The lowest BCUT2D eigenvalue weighted by molar-refractivity contribution is -0.132. The van der Waals surface area contributed by atoms with E-state index in [0.717, 1.165) is 5.56 Å². The third-order valence-corrected chi connectivity index (χ3v) is 7.30. The molecule has 2 aromatic rings. The van der Waals surface area contributed by atoms with Crippen molar-refractivity contribution in [1.82, 2.24) is 8.87 Å². The molecular formula is C19H24N2O3S2. The minimum Gasteiger partial charge on any atom is -0.325 e. The average Bonchev–Trinajstić information content (AvgIpc) is 3.07. The molecule has 2 heterocycles. The molecule has 0 aliphatic carbocycles. The van der Waals surface area contributed by atoms with Crippen molar-refractivity contribution in [2.75, 3.05) is 12.3 Å². The molecule has 1 saturated heterocycles. The van der Waals surface area contributed by atoms with E-state index >= 15 is 0 Å². The average molecular weight is 393 g/mol. The second-order valence-corrected chi connectivity index (χ2v) is 9.96. The molecule has 7 heteroatoms. The molecule has 1 atom stereocenters. The van der Waals surface area contributed by atoms with Crippen LogP contribution in [0.1, 0.15) is 36.9 Å². The van der Waals surface area contributed by atoms with Crippen LogP contribution in [0, 0.1) is 12.8 Å². The van der Waals surface area contributed by atoms with Crippen LogP contribution in [0.2, 0.25) is 0 Å². The number of aryl methyl sites for hydroxylation is 1. The van der Waals surface area contributed by atoms with Crippen LogP contribution < -0.4 is 0 Å². The maximum atomic E-state index is 13.1. The topological polar surface area (TPSA) is 59.4 Å². The van der Waals surface area contributed by atoms with Gasteiger partial charge in [0.25, 0.3) is 10.0 Å². The van der Waals surface area contributed by atoms with Crippen LogP contribution in [0.4, 0.5) is 0 Å². The number of rotatable bonds is 5. The lowest BCUT2D eigenvalue weighted by Crippen LogP contribution is -2.40. The van der Waals surface area contributed by atoms with Gasteiger partial charge in [0, 0.05) is 24.9 Å². The first kappa shape index (κ1) is 19.0. The highest BCUT2D eigenvalue weighted by Gasteiger charge is 2.34. The molecular weight excluding hydrogens is 368 g/mol. The number of hydrogen-bond donors (Lipinski definition) is 0. The predicted molar refractivity (Wildman–Crippen MR) is 105 cm³/mol. The monoisotopic (exact) mass is 392 g/mol. The summed E-state index contributed by atoms with van der Waals surface area (Å²) in [7, 11) is -3.70. The van der Waals surface area contributed by atoms with Crippen LogP contribution >= 0.6 is 11.8 Å². The van der Waals surface area contributed by atoms with Crippen LogP contribution in [0.3, 0.4) is 0 Å². The van der Waals surface area contributed by atoms with Crippen LogP contribution in [0.15, 0.2) is 47.5 Å². The number of thioether (sulfide) groups is 1. The van der Waals surface area contributed by atoms with Gasteiger partial charge in [0.15, 0.2) is 0 Å². The molecule has 0 spiro atoms. The van der Waals surface area contributed by atoms with Gasteiger partial charge in [0.1, 0.15) is 5.37 Å². The standard InChI is InChI=1S/C19H24N2O3S2/c1-14(2)13-20-18(22)10-12-25-19(20)17-5-4-11-21(17)26(23,24)16-8-6-15(3)7-9-16/h4-9,11,14,19H,10,12-13H2,1-3H3. The Morgan fingerprint density at radius 2 is 1.88 bits per heavy atom. The maximum Gasteiger partial charge on any atom is 0.267 e. The Morgan fingerprint density at radius 3 is 2.54 bits per heavy atom. The lowest BCUT2D eigenvalue weighted by Gasteiger charge is -2.36. The minimum atomic E-state index is -3.70. The van der Waals surface area contributed by atoms with Gasteiger partial charge in [-0.25, -0.2) is 12.4 Å². The van der Waals surface area contributed by atoms with E-state index in [9.17, 15) is 13.2 Å². The number of nitrogens with zero attached hydrogens (tertiary/aromatic N) is 2. The largest absolute Gasteiger partial charge is 0.325 e. The van der Waals surface area contributed by atoms with Gasteiger partial charge in [-0.2, -0.15) is 0 Å². The Kier molecular flexibility index (Phi) is 5.48. The SMILES string of the molecule is Cc1ccc(S(=O)(=O)n2cccc2C2SCCC(=O)N2CC(C)C)cc1. The molecule has 0 N–H and O–H groups in total. The summed E-state index contributed by atoms with van der Waals surface area (Å²) < 4.78 is 27.6. The molecule has 1 fully saturated rings. The lowest BCUT2D eigenvalue weighted by atomic mass is 10.2. The smallest absolute Gasteiger partial charge is 0.267 e. The first-order valence-corrected chi connectivity index (χ1v) is 11.2. The summed E-state index contributed by atoms with van der Waals surface area (Å²) in [4.78, 5) is 14.5. The van der Waals surface area contributed by atoms with Gasteiger partial charge in [0.05, 0.1) is 10.6 Å². The van der Waals surface area contributed by atoms with Gasteiger partial charge in [-0.15, -0.1) is 11.8 Å². The molecule has 0 radical (unpaired) electrons. The van der Waals surface area contributed by atoms with Gasteiger partial charge < -0.3 is 4.90 Å². The van der Waals surface area contributed by atoms with E-state index in [-0.39, 0.29) is 16.2 Å². The van der Waals surface area contributed by atoms with E-state index in [1.807, 2.05) is 11.8 Å². The van der Waals surface area contributed by atoms with E-state index in [2.05, 4.69) is 13.8 Å². The maximum absolute atomic E-state index is 13.1. The molecule has 1 amide bonds. The molecule has 1 aliphatic heterocycles. The molecule has 0 saturated carbocycles. The zero-order valence-electron chi connectivity index (χ0n) is 15.3. The van der Waals surface area contributed by atoms with Gasteiger partial charge in [0.2, 0.25) is 5.91 Å². The van der Waals surface area contributed by atoms with Crippen molar-refractivity contribution in [2.45, 2.75) is 37.5 Å². The number of carbonyl (C=O) groups is 1. The zero-order chi connectivity index (χ0) is 18.9. The van der Waals surface area contributed by atoms with Crippen molar-refractivity contribution in [2.24, 2.45) is 5.92 Å². The summed E-state index contributed by atoms with van der Waals surface area (Å²) in [5, 5.41) is -0.283. The molecule has 140 valence electrons. The molecule has 1 unspecified atom stereocenters. The van der Waals surface area contributed by atoms with Gasteiger partial charge >= 0.3 is 0 Å². The van der Waals surface area contributed by atoms with Crippen LogP contribution in [-0.2, 0) is 14.8 Å². The van der Waals surface area contributed by atoms with Crippen molar-refractivity contribution in [3.05, 3.63) is 53.9 Å². The number of hydrogen-bond acceptors (Lipinski definition) is 4. The Morgan fingerprint density at radius 1 is 1.19 bits per heavy atom. The predicted octanol–water partition coefficient (Wildman–Crippen LogP) is 3.65. The van der Waals surface area contributed by atoms with E-state index in [0.29, 0.717) is 30.3 Å². The number of amides is 1. The highest BCUT2D eigenvalue weighted by Crippen LogP contribution is 2.39. The number of carbonyl (C=O) groups excluding carboxylic acids is 1. The van der Waals surface area contributed by atoms with Crippen molar-refractivity contribution in [3.63, 3.8) is 0 Å². The van der Waals surface area contributed by atoms with Crippen molar-refractivity contribution in [1.29, 1.82) is 0 Å². The first-order valence-electron chi connectivity index (χ1n) is 8.71. The highest BCUT2D eigenvalue weighted by molar-refractivity contribution is 7.99. The summed E-state index contributed by atoms with van der Waals surface area (Å²) in [5.74, 6) is 1.11. The minimum absolute atomic E-state index is 0.0860. The molecule has 5 nitrogen and oxygen atoms in total. The van der Waals surface area contributed by atoms with Crippen molar-refractivity contribution in [3.8, 4) is 0 Å². The third-order valence-electron chi connectivity index (χ3n) is 4.33. The Balaban J connectivity index is 2.01. The van der Waals surface area contributed by atoms with E-state index in [4.69, 9.17) is 0 Å². The fourth-order valence-corrected chi connectivity index (χ4v) is 5.78. The number of aromatic nitrogens is 1. The number of benzene rings is 1. The van der Waals surface area contributed by atoms with Gasteiger partial charge in [-0.05, 0) is 37.1 Å². The van der Waals surface area contributed by atoms with E-state index < -0.39 is 10.0 Å². The van der Waals surface area contributed by atoms with E-state index in [1.54, 1.807) is 54.4 Å². The van der Waals surface area contributed by atoms with Gasteiger partial charge in [-0.3, -0.25) is 4.79 Å². The Bertz CT molecular complexity index is 886. The molecule has 1 aromatic heterocycles. The quantitative estimate of drug-likeness (QED) is 0.779. The molecule has 0 bridgehead atoms. The van der Waals surface area contributed by atoms with Crippen LogP contribution in [0.5, 0.6) is 0 Å². The van der Waals surface area contributed by atoms with E-state index in [1.165, 1.54) is 3.97 Å². The summed E-state index contributed by atoms with van der Waals surface area (Å²) in [6.07, 6.45) is 2.07. The summed E-state index contributed by atoms with van der Waals surface area (Å²) in [5.41, 5.74) is 1.64. The summed E-state index contributed by atoms with van der Waals surface area (Å²) in [6.45, 7) is 6.66. The van der Waals surface area contributed by atoms with Crippen molar-refractivity contribution < 1.29 is 13.2 Å². The molecule has 26 heavy (non-hydrogen) atoms. The molecule has 1 aliphatic rings. The second-order valence-electron chi connectivity index (χ2n) is 6.96. The van der Waals surface area contributed by atoms with Crippen LogP contribution in [-0.4, -0.2) is 35.5 Å². The van der Waals surface area contributed by atoms with Crippen LogP contribution in [0.25, 0.3) is 0 Å². The highest BCUT2D eigenvalue weighted by atomic mass is 32.2. The Labute approximate surface area is 159 Å². The summed E-state index contributed by atoms with van der Waals surface area (Å²) in [6, 6.07) is 10.4. The third kappa shape index (κ3) is 3.69. The first-order chi connectivity index (χ1) is 12.3. The fraction of sp³-hybridized carbons (Fsp3) is 0.421. The Hall–Kier alpha value is -1.73. The zero-order valence-corrected chi connectivity index (χ0v) is 16.9. The van der Waals surface area contributed by atoms with Gasteiger partial charge in [-0.1, -0.05) is 31.5 Å². The second kappa shape index (κ2) is 7.48. The molecule has 1 aromatic carbocycles.